The number of hydrogen-bond donors (Lipinski definition) is 3. The van der Waals surface area contributed by atoms with Crippen LogP contribution < -0.4 is 25.6 Å². The molecule has 0 saturated carbocycles. The van der Waals surface area contributed by atoms with Crippen LogP contribution in [0.1, 0.15) is 20.7 Å². The highest BCUT2D eigenvalue weighted by atomic mass is 32.1. The van der Waals surface area contributed by atoms with Crippen LogP contribution in [0.2, 0.25) is 0 Å². The minimum absolute atomic E-state index is 0.0475. The standard InChI is InChI=1S/C19H21N3O5S/c1-25-11-12-27-14-9-7-13(8-10-14)17(23)20-19(28)22-21-18(24)15-5-3-4-6-16(15)26-2/h3-10H,11-12H2,1-2H3,(H,21,24)(H2,20,22,23,28). The van der Waals surface area contributed by atoms with Crippen LogP contribution in [-0.2, 0) is 4.74 Å². The molecule has 2 aromatic carbocycles. The first-order chi connectivity index (χ1) is 13.5. The molecule has 0 unspecified atom stereocenters. The van der Waals surface area contributed by atoms with E-state index >= 15 is 0 Å². The van der Waals surface area contributed by atoms with Gasteiger partial charge in [0.25, 0.3) is 11.8 Å². The Morgan fingerprint density at radius 1 is 0.929 bits per heavy atom. The van der Waals surface area contributed by atoms with Crippen LogP contribution in [-0.4, -0.2) is 44.4 Å². The van der Waals surface area contributed by atoms with E-state index in [2.05, 4.69) is 16.2 Å². The van der Waals surface area contributed by atoms with Crippen molar-refractivity contribution < 1.29 is 23.8 Å². The summed E-state index contributed by atoms with van der Waals surface area (Å²) in [6.45, 7) is 0.894. The molecular formula is C19H21N3O5S. The molecule has 2 amide bonds. The molecule has 8 nitrogen and oxygen atoms in total. The molecule has 0 aliphatic carbocycles. The van der Waals surface area contributed by atoms with Gasteiger partial charge in [-0.1, -0.05) is 12.1 Å². The summed E-state index contributed by atoms with van der Waals surface area (Å²) in [5, 5.41) is 2.43. The normalized spacial score (nSPS) is 9.93. The smallest absolute Gasteiger partial charge is 0.273 e. The van der Waals surface area contributed by atoms with Gasteiger partial charge in [-0.15, -0.1) is 0 Å². The fourth-order valence-corrected chi connectivity index (χ4v) is 2.31. The monoisotopic (exact) mass is 403 g/mol. The van der Waals surface area contributed by atoms with Crippen molar-refractivity contribution >= 4 is 29.1 Å². The summed E-state index contributed by atoms with van der Waals surface area (Å²) in [5.74, 6) is 0.169. The molecule has 0 heterocycles. The molecule has 0 radical (unpaired) electrons. The number of rotatable bonds is 7. The predicted molar refractivity (Wildman–Crippen MR) is 107 cm³/mol. The average Bonchev–Trinajstić information content (AvgIpc) is 2.72. The number of carbonyl (C=O) groups excluding carboxylic acids is 2. The van der Waals surface area contributed by atoms with Gasteiger partial charge in [0.1, 0.15) is 18.1 Å². The van der Waals surface area contributed by atoms with Crippen LogP contribution in [0.3, 0.4) is 0 Å². The summed E-state index contributed by atoms with van der Waals surface area (Å²) in [7, 11) is 3.06. The number of para-hydroxylation sites is 1. The number of benzene rings is 2. The molecule has 9 heteroatoms. The van der Waals surface area contributed by atoms with E-state index in [1.807, 2.05) is 0 Å². The number of methoxy groups -OCH3 is 2. The van der Waals surface area contributed by atoms with E-state index < -0.39 is 11.8 Å². The first kappa shape index (κ1) is 21.1. The predicted octanol–water partition coefficient (Wildman–Crippen LogP) is 1.67. The second-order valence-corrected chi connectivity index (χ2v) is 5.84. The van der Waals surface area contributed by atoms with Gasteiger partial charge in [-0.25, -0.2) is 0 Å². The van der Waals surface area contributed by atoms with Crippen molar-refractivity contribution in [1.82, 2.24) is 16.2 Å². The fourth-order valence-electron chi connectivity index (χ4n) is 2.17. The maximum Gasteiger partial charge on any atom is 0.273 e. The lowest BCUT2D eigenvalue weighted by Crippen LogP contribution is -2.48. The van der Waals surface area contributed by atoms with Crippen molar-refractivity contribution in [3.8, 4) is 11.5 Å². The molecule has 0 aliphatic heterocycles. The van der Waals surface area contributed by atoms with Gasteiger partial charge in [-0.05, 0) is 48.6 Å². The topological polar surface area (TPSA) is 97.9 Å². The highest BCUT2D eigenvalue weighted by Gasteiger charge is 2.12. The van der Waals surface area contributed by atoms with E-state index in [0.717, 1.165) is 0 Å². The van der Waals surface area contributed by atoms with E-state index in [-0.39, 0.29) is 5.11 Å². The first-order valence-corrected chi connectivity index (χ1v) is 8.72. The number of hydrogen-bond acceptors (Lipinski definition) is 6. The highest BCUT2D eigenvalue weighted by Crippen LogP contribution is 2.16. The van der Waals surface area contributed by atoms with E-state index in [0.29, 0.717) is 35.8 Å². The third-order valence-electron chi connectivity index (χ3n) is 3.54. The third-order valence-corrected chi connectivity index (χ3v) is 3.75. The van der Waals surface area contributed by atoms with Crippen LogP contribution in [0.4, 0.5) is 0 Å². The minimum Gasteiger partial charge on any atom is -0.496 e. The molecule has 0 saturated heterocycles. The van der Waals surface area contributed by atoms with Crippen LogP contribution in [0.5, 0.6) is 11.5 Å². The van der Waals surface area contributed by atoms with E-state index in [1.165, 1.54) is 7.11 Å². The average molecular weight is 403 g/mol. The van der Waals surface area contributed by atoms with Crippen LogP contribution in [0.25, 0.3) is 0 Å². The van der Waals surface area contributed by atoms with Gasteiger partial charge in [-0.2, -0.15) is 0 Å². The molecule has 148 valence electrons. The van der Waals surface area contributed by atoms with Crippen molar-refractivity contribution in [2.24, 2.45) is 0 Å². The van der Waals surface area contributed by atoms with E-state index in [1.54, 1.807) is 55.6 Å². The molecule has 2 aromatic rings. The molecule has 28 heavy (non-hydrogen) atoms. The zero-order valence-electron chi connectivity index (χ0n) is 15.5. The lowest BCUT2D eigenvalue weighted by molar-refractivity contribution is 0.0932. The Labute approximate surface area is 168 Å². The van der Waals surface area contributed by atoms with E-state index in [9.17, 15) is 9.59 Å². The van der Waals surface area contributed by atoms with Crippen molar-refractivity contribution in [2.75, 3.05) is 27.4 Å². The second-order valence-electron chi connectivity index (χ2n) is 5.43. The van der Waals surface area contributed by atoms with Gasteiger partial charge in [0, 0.05) is 12.7 Å². The van der Waals surface area contributed by atoms with Crippen molar-refractivity contribution in [1.29, 1.82) is 0 Å². The SMILES string of the molecule is COCCOc1ccc(C(=O)NC(=S)NNC(=O)c2ccccc2OC)cc1. The van der Waals surface area contributed by atoms with Crippen molar-refractivity contribution in [2.45, 2.75) is 0 Å². The Morgan fingerprint density at radius 3 is 2.32 bits per heavy atom. The van der Waals surface area contributed by atoms with Crippen LogP contribution in [0.15, 0.2) is 48.5 Å². The zero-order valence-corrected chi connectivity index (χ0v) is 16.3. The summed E-state index contributed by atoms with van der Waals surface area (Å²) in [6.07, 6.45) is 0. The highest BCUT2D eigenvalue weighted by molar-refractivity contribution is 7.80. The molecule has 3 N–H and O–H groups in total. The maximum atomic E-state index is 12.2. The lowest BCUT2D eigenvalue weighted by atomic mass is 10.2. The summed E-state index contributed by atoms with van der Waals surface area (Å²) in [4.78, 5) is 24.4. The summed E-state index contributed by atoms with van der Waals surface area (Å²) in [5.41, 5.74) is 5.61. The summed E-state index contributed by atoms with van der Waals surface area (Å²) >= 11 is 5.03. The van der Waals surface area contributed by atoms with Crippen LogP contribution in [0, 0.1) is 0 Å². The molecule has 0 bridgehead atoms. The molecule has 0 fully saturated rings. The maximum absolute atomic E-state index is 12.2. The molecule has 0 aromatic heterocycles. The van der Waals surface area contributed by atoms with E-state index in [4.69, 9.17) is 26.4 Å². The Morgan fingerprint density at radius 2 is 1.64 bits per heavy atom. The Balaban J connectivity index is 1.83. The Bertz CT molecular complexity index is 827. The van der Waals surface area contributed by atoms with Gasteiger partial charge in [0.2, 0.25) is 0 Å². The molecular weight excluding hydrogens is 382 g/mol. The number of hydrazine groups is 1. The van der Waals surface area contributed by atoms with Gasteiger partial charge >= 0.3 is 0 Å². The largest absolute Gasteiger partial charge is 0.496 e. The first-order valence-electron chi connectivity index (χ1n) is 8.31. The minimum atomic E-state index is -0.452. The number of nitrogens with one attached hydrogen (secondary N) is 3. The fraction of sp³-hybridized carbons (Fsp3) is 0.211. The Kier molecular flexibility index (Phi) is 8.19. The quantitative estimate of drug-likeness (QED) is 0.368. The number of thiocarbonyl (C=S) groups is 1. The Hall–Kier alpha value is -3.17. The molecule has 0 spiro atoms. The van der Waals surface area contributed by atoms with Crippen LogP contribution >= 0.6 is 12.2 Å². The van der Waals surface area contributed by atoms with Gasteiger partial charge in [-0.3, -0.25) is 25.8 Å². The summed E-state index contributed by atoms with van der Waals surface area (Å²) < 4.78 is 15.5. The molecule has 0 atom stereocenters. The van der Waals surface area contributed by atoms with Gasteiger partial charge in [0.15, 0.2) is 5.11 Å². The van der Waals surface area contributed by atoms with Crippen molar-refractivity contribution in [3.63, 3.8) is 0 Å². The number of amides is 2. The zero-order chi connectivity index (χ0) is 20.4. The molecule has 2 rings (SSSR count). The third kappa shape index (κ3) is 6.22. The van der Waals surface area contributed by atoms with Gasteiger partial charge in [0.05, 0.1) is 19.3 Å². The lowest BCUT2D eigenvalue weighted by Gasteiger charge is -2.12. The molecule has 0 aliphatic rings. The second kappa shape index (κ2) is 10.9. The number of carbonyl (C=O) groups is 2. The summed E-state index contributed by atoms with van der Waals surface area (Å²) in [6, 6.07) is 13.3. The number of ether oxygens (including phenoxy) is 3. The van der Waals surface area contributed by atoms with Crippen molar-refractivity contribution in [3.05, 3.63) is 59.7 Å². The van der Waals surface area contributed by atoms with Gasteiger partial charge < -0.3 is 14.2 Å².